The molecule has 2 rings (SSSR count). The largest absolute Gasteiger partial charge is 0.324 e. The molecule has 5 heteroatoms. The van der Waals surface area contributed by atoms with Crippen LogP contribution in [0.25, 0.3) is 0 Å². The van der Waals surface area contributed by atoms with E-state index >= 15 is 0 Å². The van der Waals surface area contributed by atoms with E-state index in [-0.39, 0.29) is 16.7 Å². The summed E-state index contributed by atoms with van der Waals surface area (Å²) in [6.07, 6.45) is 2.58. The maximum Gasteiger partial charge on any atom is 0.250 e. The van der Waals surface area contributed by atoms with Gasteiger partial charge < -0.3 is 9.88 Å². The third-order valence-corrected chi connectivity index (χ3v) is 4.64. The normalized spacial score (nSPS) is 11.9. The average molecular weight is 330 g/mol. The first kappa shape index (κ1) is 17.3. The van der Waals surface area contributed by atoms with Gasteiger partial charge in [0.2, 0.25) is 5.91 Å². The number of hydrogen-bond donors (Lipinski definition) is 1. The van der Waals surface area contributed by atoms with Gasteiger partial charge >= 0.3 is 0 Å². The van der Waals surface area contributed by atoms with Gasteiger partial charge in [0.25, 0.3) is 5.56 Å². The van der Waals surface area contributed by atoms with E-state index in [1.54, 1.807) is 28.6 Å². The van der Waals surface area contributed by atoms with Crippen molar-refractivity contribution in [2.45, 2.75) is 37.8 Å². The summed E-state index contributed by atoms with van der Waals surface area (Å²) in [5, 5.41) is 2.72. The Morgan fingerprint density at radius 1 is 1.22 bits per heavy atom. The van der Waals surface area contributed by atoms with Crippen molar-refractivity contribution < 1.29 is 4.79 Å². The lowest BCUT2D eigenvalue weighted by atomic mass is 10.2. The highest BCUT2D eigenvalue weighted by Gasteiger charge is 2.14. The van der Waals surface area contributed by atoms with Gasteiger partial charge in [0, 0.05) is 24.6 Å². The van der Waals surface area contributed by atoms with E-state index in [9.17, 15) is 9.59 Å². The second-order valence-corrected chi connectivity index (χ2v) is 6.71. The zero-order valence-corrected chi connectivity index (χ0v) is 14.3. The molecular weight excluding hydrogens is 308 g/mol. The van der Waals surface area contributed by atoms with Gasteiger partial charge in [0.1, 0.15) is 0 Å². The number of pyridine rings is 1. The summed E-state index contributed by atoms with van der Waals surface area (Å²) in [5.74, 6) is 0.748. The molecule has 23 heavy (non-hydrogen) atoms. The van der Waals surface area contributed by atoms with Crippen LogP contribution in [0.15, 0.2) is 53.5 Å². The number of thioether (sulfide) groups is 1. The Morgan fingerprint density at radius 2 is 1.96 bits per heavy atom. The lowest BCUT2D eigenvalue weighted by Gasteiger charge is -2.13. The number of benzene rings is 1. The molecule has 0 aliphatic carbocycles. The molecule has 0 spiro atoms. The second kappa shape index (κ2) is 8.58. The summed E-state index contributed by atoms with van der Waals surface area (Å²) in [4.78, 5) is 24.0. The number of amides is 1. The van der Waals surface area contributed by atoms with Crippen molar-refractivity contribution in [1.82, 2.24) is 4.57 Å². The van der Waals surface area contributed by atoms with Crippen molar-refractivity contribution in [1.29, 1.82) is 0 Å². The van der Waals surface area contributed by atoms with Gasteiger partial charge in [-0.2, -0.15) is 0 Å². The van der Waals surface area contributed by atoms with Gasteiger partial charge in [-0.1, -0.05) is 37.3 Å². The molecule has 0 aliphatic heterocycles. The second-order valence-electron chi connectivity index (χ2n) is 5.38. The third kappa shape index (κ3) is 5.28. The van der Waals surface area contributed by atoms with E-state index in [4.69, 9.17) is 0 Å². The Labute approximate surface area is 140 Å². The summed E-state index contributed by atoms with van der Waals surface area (Å²) in [6.45, 7) is 4.56. The molecule has 1 heterocycles. The van der Waals surface area contributed by atoms with Gasteiger partial charge in [-0.15, -0.1) is 11.8 Å². The molecule has 1 aromatic heterocycles. The lowest BCUT2D eigenvalue weighted by Crippen LogP contribution is -2.25. The highest BCUT2D eigenvalue weighted by molar-refractivity contribution is 7.99. The van der Waals surface area contributed by atoms with Crippen LogP contribution < -0.4 is 10.9 Å². The van der Waals surface area contributed by atoms with Gasteiger partial charge in [0.05, 0.1) is 10.9 Å². The van der Waals surface area contributed by atoms with Crippen LogP contribution in [0, 0.1) is 0 Å². The molecule has 0 unspecified atom stereocenters. The highest BCUT2D eigenvalue weighted by atomic mass is 32.2. The molecule has 122 valence electrons. The quantitative estimate of drug-likeness (QED) is 0.845. The number of aryl methyl sites for hydroxylation is 1. The summed E-state index contributed by atoms with van der Waals surface area (Å²) in [7, 11) is 0. The van der Waals surface area contributed by atoms with Crippen LogP contribution in [0.3, 0.4) is 0 Å². The van der Waals surface area contributed by atoms with Gasteiger partial charge in [-0.3, -0.25) is 9.59 Å². The Balaban J connectivity index is 1.93. The minimum absolute atomic E-state index is 0.0450. The molecule has 0 aliphatic rings. The zero-order valence-electron chi connectivity index (χ0n) is 13.5. The molecule has 4 nitrogen and oxygen atoms in total. The van der Waals surface area contributed by atoms with Gasteiger partial charge in [-0.25, -0.2) is 0 Å². The van der Waals surface area contributed by atoms with E-state index in [1.165, 1.54) is 11.6 Å². The molecule has 0 radical (unpaired) electrons. The molecule has 0 saturated carbocycles. The number of hydrogen-bond acceptors (Lipinski definition) is 3. The molecule has 0 bridgehead atoms. The van der Waals surface area contributed by atoms with Crippen LogP contribution in [0.5, 0.6) is 0 Å². The number of nitrogens with one attached hydrogen (secondary N) is 1. The SMILES string of the molecule is CCCn1cc(NC(=O)[C@@H](C)SCc2ccccc2)ccc1=O. The van der Waals surface area contributed by atoms with Crippen molar-refractivity contribution in [3.05, 3.63) is 64.6 Å². The van der Waals surface area contributed by atoms with Crippen LogP contribution >= 0.6 is 11.8 Å². The number of nitrogens with zero attached hydrogens (tertiary/aromatic N) is 1. The first-order valence-electron chi connectivity index (χ1n) is 7.77. The lowest BCUT2D eigenvalue weighted by molar-refractivity contribution is -0.115. The summed E-state index contributed by atoms with van der Waals surface area (Å²) >= 11 is 1.59. The maximum absolute atomic E-state index is 12.3. The molecule has 1 amide bonds. The highest BCUT2D eigenvalue weighted by Crippen LogP contribution is 2.19. The zero-order chi connectivity index (χ0) is 16.7. The maximum atomic E-state index is 12.3. The van der Waals surface area contributed by atoms with Crippen LogP contribution in [-0.4, -0.2) is 15.7 Å². The Bertz CT molecular complexity index is 698. The molecule has 0 saturated heterocycles. The molecular formula is C18H22N2O2S. The van der Waals surface area contributed by atoms with E-state index in [2.05, 4.69) is 17.4 Å². The van der Waals surface area contributed by atoms with E-state index < -0.39 is 0 Å². The number of aromatic nitrogens is 1. The number of anilines is 1. The smallest absolute Gasteiger partial charge is 0.250 e. The van der Waals surface area contributed by atoms with Crippen LogP contribution in [0.1, 0.15) is 25.8 Å². The number of carbonyl (C=O) groups excluding carboxylic acids is 1. The Hall–Kier alpha value is -2.01. The number of rotatable bonds is 7. The topological polar surface area (TPSA) is 51.1 Å². The molecule has 0 fully saturated rings. The predicted molar refractivity (Wildman–Crippen MR) is 96.8 cm³/mol. The minimum atomic E-state index is -0.165. The molecule has 1 atom stereocenters. The molecule has 1 aromatic carbocycles. The van der Waals surface area contributed by atoms with E-state index in [0.717, 1.165) is 12.2 Å². The number of carbonyl (C=O) groups is 1. The third-order valence-electron chi connectivity index (χ3n) is 3.43. The van der Waals surface area contributed by atoms with E-state index in [0.29, 0.717) is 12.2 Å². The first-order valence-corrected chi connectivity index (χ1v) is 8.82. The fraction of sp³-hybridized carbons (Fsp3) is 0.333. The standard InChI is InChI=1S/C18H22N2O2S/c1-3-11-20-12-16(9-10-17(20)21)19-18(22)14(2)23-13-15-7-5-4-6-8-15/h4-10,12,14H,3,11,13H2,1-2H3,(H,19,22)/t14-/m1/s1. The Morgan fingerprint density at radius 3 is 2.65 bits per heavy atom. The van der Waals surface area contributed by atoms with Crippen molar-refractivity contribution in [2.24, 2.45) is 0 Å². The van der Waals surface area contributed by atoms with Crippen LogP contribution in [0.4, 0.5) is 5.69 Å². The Kier molecular flexibility index (Phi) is 6.47. The van der Waals surface area contributed by atoms with Crippen molar-refractivity contribution in [3.8, 4) is 0 Å². The average Bonchev–Trinajstić information content (AvgIpc) is 2.57. The molecule has 1 N–H and O–H groups in total. The summed E-state index contributed by atoms with van der Waals surface area (Å²) < 4.78 is 1.62. The van der Waals surface area contributed by atoms with Crippen molar-refractivity contribution in [2.75, 3.05) is 5.32 Å². The van der Waals surface area contributed by atoms with Crippen molar-refractivity contribution >= 4 is 23.4 Å². The first-order chi connectivity index (χ1) is 11.1. The molecule has 2 aromatic rings. The van der Waals surface area contributed by atoms with Crippen LogP contribution in [-0.2, 0) is 17.1 Å². The fourth-order valence-electron chi connectivity index (χ4n) is 2.14. The summed E-state index contributed by atoms with van der Waals surface area (Å²) in [5.41, 5.74) is 1.82. The fourth-order valence-corrected chi connectivity index (χ4v) is 2.98. The monoisotopic (exact) mass is 330 g/mol. The van der Waals surface area contributed by atoms with E-state index in [1.807, 2.05) is 32.0 Å². The van der Waals surface area contributed by atoms with Crippen molar-refractivity contribution in [3.63, 3.8) is 0 Å². The minimum Gasteiger partial charge on any atom is -0.324 e. The summed E-state index contributed by atoms with van der Waals surface area (Å²) in [6, 6.07) is 13.2. The van der Waals surface area contributed by atoms with Gasteiger partial charge in [0.15, 0.2) is 0 Å². The van der Waals surface area contributed by atoms with Crippen LogP contribution in [0.2, 0.25) is 0 Å². The predicted octanol–water partition coefficient (Wildman–Crippen LogP) is 3.52. The van der Waals surface area contributed by atoms with Gasteiger partial charge in [-0.05, 0) is 25.0 Å².